The third kappa shape index (κ3) is 6.04. The number of hydrogen-bond donors (Lipinski definition) is 1. The molecule has 2 aromatic carbocycles. The van der Waals surface area contributed by atoms with E-state index in [1.165, 1.54) is 28.6 Å². The highest BCUT2D eigenvalue weighted by Gasteiger charge is 2.32. The van der Waals surface area contributed by atoms with Crippen molar-refractivity contribution in [3.8, 4) is 5.75 Å². The molecule has 33 heavy (non-hydrogen) atoms. The standard InChI is InChI=1S/C22H26F3N3O4S/c1-3-13-32-20-8-7-17(22(23,24)25)15-19(20)26-21(29)16-5-4-6-18(14-16)33(30,31)28-11-9-27(2)10-12-28/h4-8,14-15H,3,9-13H2,1-2H3,(H,26,29). The fourth-order valence-electron chi connectivity index (χ4n) is 3.31. The Morgan fingerprint density at radius 2 is 1.79 bits per heavy atom. The van der Waals surface area contributed by atoms with Crippen LogP contribution in [0.3, 0.4) is 0 Å². The summed E-state index contributed by atoms with van der Waals surface area (Å²) in [6, 6.07) is 8.28. The van der Waals surface area contributed by atoms with Crippen LogP contribution in [0.1, 0.15) is 29.3 Å². The summed E-state index contributed by atoms with van der Waals surface area (Å²) in [4.78, 5) is 14.8. The molecular weight excluding hydrogens is 459 g/mol. The van der Waals surface area contributed by atoms with Crippen LogP contribution >= 0.6 is 0 Å². The molecule has 180 valence electrons. The van der Waals surface area contributed by atoms with E-state index in [9.17, 15) is 26.4 Å². The predicted molar refractivity (Wildman–Crippen MR) is 118 cm³/mol. The first-order chi connectivity index (χ1) is 15.5. The van der Waals surface area contributed by atoms with Gasteiger partial charge < -0.3 is 15.0 Å². The minimum atomic E-state index is -4.60. The zero-order valence-electron chi connectivity index (χ0n) is 18.4. The lowest BCUT2D eigenvalue weighted by molar-refractivity contribution is -0.137. The number of halogens is 3. The van der Waals surface area contributed by atoms with E-state index in [0.717, 1.165) is 18.2 Å². The maximum atomic E-state index is 13.2. The Morgan fingerprint density at radius 1 is 1.09 bits per heavy atom. The van der Waals surface area contributed by atoms with Crippen molar-refractivity contribution in [3.63, 3.8) is 0 Å². The van der Waals surface area contributed by atoms with Gasteiger partial charge in [-0.2, -0.15) is 17.5 Å². The number of ether oxygens (including phenoxy) is 1. The SMILES string of the molecule is CCCOc1ccc(C(F)(F)F)cc1NC(=O)c1cccc(S(=O)(=O)N2CCN(C)CC2)c1. The van der Waals surface area contributed by atoms with Gasteiger partial charge in [0.25, 0.3) is 5.91 Å². The number of carbonyl (C=O) groups is 1. The molecule has 0 spiro atoms. The van der Waals surface area contributed by atoms with Crippen molar-refractivity contribution in [1.29, 1.82) is 0 Å². The van der Waals surface area contributed by atoms with E-state index in [4.69, 9.17) is 4.74 Å². The lowest BCUT2D eigenvalue weighted by atomic mass is 10.1. The summed E-state index contributed by atoms with van der Waals surface area (Å²) in [6.07, 6.45) is -3.97. The molecule has 0 atom stereocenters. The summed E-state index contributed by atoms with van der Waals surface area (Å²) < 4.78 is 72.3. The Morgan fingerprint density at radius 3 is 2.42 bits per heavy atom. The van der Waals surface area contributed by atoms with Crippen LogP contribution in [0.5, 0.6) is 5.75 Å². The zero-order chi connectivity index (χ0) is 24.2. The van der Waals surface area contributed by atoms with Crippen LogP contribution in [-0.2, 0) is 16.2 Å². The van der Waals surface area contributed by atoms with Gasteiger partial charge in [-0.05, 0) is 49.9 Å². The maximum Gasteiger partial charge on any atom is 0.416 e. The third-order valence-corrected chi connectivity index (χ3v) is 7.11. The number of benzene rings is 2. The first-order valence-corrected chi connectivity index (χ1v) is 11.9. The molecule has 0 bridgehead atoms. The third-order valence-electron chi connectivity index (χ3n) is 5.21. The summed E-state index contributed by atoms with van der Waals surface area (Å²) >= 11 is 0. The number of hydrogen-bond acceptors (Lipinski definition) is 5. The van der Waals surface area contributed by atoms with Gasteiger partial charge in [0.2, 0.25) is 10.0 Å². The number of nitrogens with one attached hydrogen (secondary N) is 1. The van der Waals surface area contributed by atoms with Gasteiger partial charge in [0.1, 0.15) is 5.75 Å². The number of anilines is 1. The molecule has 7 nitrogen and oxygen atoms in total. The average Bonchev–Trinajstić information content (AvgIpc) is 2.78. The Kier molecular flexibility index (Phi) is 7.65. The molecule has 0 radical (unpaired) electrons. The highest BCUT2D eigenvalue weighted by atomic mass is 32.2. The van der Waals surface area contributed by atoms with Crippen molar-refractivity contribution < 1.29 is 31.1 Å². The number of rotatable bonds is 7. The number of sulfonamides is 1. The number of amides is 1. The summed E-state index contributed by atoms with van der Waals surface area (Å²) in [5.41, 5.74) is -1.08. The van der Waals surface area contributed by atoms with E-state index >= 15 is 0 Å². The van der Waals surface area contributed by atoms with E-state index in [2.05, 4.69) is 5.32 Å². The lowest BCUT2D eigenvalue weighted by Gasteiger charge is -2.31. The number of likely N-dealkylation sites (N-methyl/N-ethyl adjacent to an activating group) is 1. The van der Waals surface area contributed by atoms with Crippen molar-refractivity contribution in [2.75, 3.05) is 45.2 Å². The van der Waals surface area contributed by atoms with E-state index < -0.39 is 27.7 Å². The molecule has 1 N–H and O–H groups in total. The molecule has 3 rings (SSSR count). The van der Waals surface area contributed by atoms with Gasteiger partial charge in [-0.15, -0.1) is 0 Å². The molecule has 1 amide bonds. The highest BCUT2D eigenvalue weighted by molar-refractivity contribution is 7.89. The van der Waals surface area contributed by atoms with Crippen LogP contribution < -0.4 is 10.1 Å². The van der Waals surface area contributed by atoms with Crippen LogP contribution in [-0.4, -0.2) is 63.4 Å². The van der Waals surface area contributed by atoms with Crippen LogP contribution in [0, 0.1) is 0 Å². The Labute approximate surface area is 191 Å². The average molecular weight is 486 g/mol. The normalized spacial score (nSPS) is 15.9. The molecule has 0 aliphatic carbocycles. The van der Waals surface area contributed by atoms with Gasteiger partial charge >= 0.3 is 6.18 Å². The monoisotopic (exact) mass is 485 g/mol. The lowest BCUT2D eigenvalue weighted by Crippen LogP contribution is -2.47. The largest absolute Gasteiger partial charge is 0.491 e. The summed E-state index contributed by atoms with van der Waals surface area (Å²) in [7, 11) is -1.90. The predicted octanol–water partition coefficient (Wildman–Crippen LogP) is 3.68. The second-order valence-electron chi connectivity index (χ2n) is 7.75. The summed E-state index contributed by atoms with van der Waals surface area (Å²) in [6.45, 7) is 3.95. The fraction of sp³-hybridized carbons (Fsp3) is 0.409. The number of piperazine rings is 1. The molecule has 1 heterocycles. The van der Waals surface area contributed by atoms with Gasteiger partial charge in [0.15, 0.2) is 0 Å². The van der Waals surface area contributed by atoms with Crippen molar-refractivity contribution in [3.05, 3.63) is 53.6 Å². The second-order valence-corrected chi connectivity index (χ2v) is 9.68. The van der Waals surface area contributed by atoms with Crippen LogP contribution in [0.2, 0.25) is 0 Å². The van der Waals surface area contributed by atoms with Crippen molar-refractivity contribution in [1.82, 2.24) is 9.21 Å². The van der Waals surface area contributed by atoms with E-state index in [1.54, 1.807) is 0 Å². The molecule has 1 aliphatic rings. The smallest absolute Gasteiger partial charge is 0.416 e. The van der Waals surface area contributed by atoms with Crippen molar-refractivity contribution >= 4 is 21.6 Å². The van der Waals surface area contributed by atoms with Crippen molar-refractivity contribution in [2.24, 2.45) is 0 Å². The number of carbonyl (C=O) groups excluding carboxylic acids is 1. The molecular formula is C22H26F3N3O4S. The molecule has 1 saturated heterocycles. The zero-order valence-corrected chi connectivity index (χ0v) is 19.2. The molecule has 1 aliphatic heterocycles. The van der Waals surface area contributed by atoms with Gasteiger partial charge in [0, 0.05) is 31.7 Å². The molecule has 2 aromatic rings. The minimum absolute atomic E-state index is 0.00376. The molecule has 0 unspecified atom stereocenters. The van der Waals surface area contributed by atoms with Crippen LogP contribution in [0.4, 0.5) is 18.9 Å². The number of nitrogens with zero attached hydrogens (tertiary/aromatic N) is 2. The fourth-order valence-corrected chi connectivity index (χ4v) is 4.78. The quantitative estimate of drug-likeness (QED) is 0.647. The Hall–Kier alpha value is -2.63. The van der Waals surface area contributed by atoms with Gasteiger partial charge in [-0.25, -0.2) is 8.42 Å². The Bertz CT molecular complexity index is 1100. The van der Waals surface area contributed by atoms with Gasteiger partial charge in [0.05, 0.1) is 22.8 Å². The minimum Gasteiger partial charge on any atom is -0.491 e. The van der Waals surface area contributed by atoms with Crippen molar-refractivity contribution in [2.45, 2.75) is 24.4 Å². The molecule has 0 aromatic heterocycles. The number of alkyl halides is 3. The maximum absolute atomic E-state index is 13.2. The van der Waals surface area contributed by atoms with E-state index in [-0.39, 0.29) is 28.5 Å². The molecule has 1 fully saturated rings. The van der Waals surface area contributed by atoms with Crippen LogP contribution in [0.25, 0.3) is 0 Å². The van der Waals surface area contributed by atoms with Gasteiger partial charge in [-0.1, -0.05) is 13.0 Å². The molecule has 11 heteroatoms. The first kappa shape index (κ1) is 25.0. The second kappa shape index (κ2) is 10.1. The summed E-state index contributed by atoms with van der Waals surface area (Å²) in [5.74, 6) is -0.648. The van der Waals surface area contributed by atoms with Gasteiger partial charge in [-0.3, -0.25) is 4.79 Å². The molecule has 0 saturated carbocycles. The van der Waals surface area contributed by atoms with E-state index in [0.29, 0.717) is 32.6 Å². The van der Waals surface area contributed by atoms with Crippen LogP contribution in [0.15, 0.2) is 47.4 Å². The Balaban J connectivity index is 1.86. The summed E-state index contributed by atoms with van der Waals surface area (Å²) in [5, 5.41) is 2.43. The first-order valence-electron chi connectivity index (χ1n) is 10.5. The topological polar surface area (TPSA) is 78.9 Å². The van der Waals surface area contributed by atoms with E-state index in [1.807, 2.05) is 18.9 Å². The highest BCUT2D eigenvalue weighted by Crippen LogP contribution is 2.35.